The summed E-state index contributed by atoms with van der Waals surface area (Å²) in [7, 11) is 0. The highest BCUT2D eigenvalue weighted by atomic mass is 16.3. The number of aliphatic hydroxyl groups excluding tert-OH is 2. The van der Waals surface area contributed by atoms with Gasteiger partial charge in [0.25, 0.3) is 0 Å². The van der Waals surface area contributed by atoms with Crippen molar-refractivity contribution in [2.45, 2.75) is 98.2 Å². The van der Waals surface area contributed by atoms with Gasteiger partial charge in [-0.2, -0.15) is 0 Å². The Bertz CT molecular complexity index is 279. The molecular formula is C19H38O2. The summed E-state index contributed by atoms with van der Waals surface area (Å²) < 4.78 is 0. The lowest BCUT2D eigenvalue weighted by molar-refractivity contribution is 0.0163. The van der Waals surface area contributed by atoms with Gasteiger partial charge in [-0.3, -0.25) is 0 Å². The van der Waals surface area contributed by atoms with Gasteiger partial charge in [0.15, 0.2) is 0 Å². The van der Waals surface area contributed by atoms with E-state index in [1.165, 1.54) is 38.5 Å². The molecule has 0 aromatic carbocycles. The summed E-state index contributed by atoms with van der Waals surface area (Å²) in [5, 5.41) is 19.2. The molecule has 126 valence electrons. The van der Waals surface area contributed by atoms with Gasteiger partial charge in [0.1, 0.15) is 0 Å². The summed E-state index contributed by atoms with van der Waals surface area (Å²) in [4.78, 5) is 0. The molecule has 2 nitrogen and oxygen atoms in total. The van der Waals surface area contributed by atoms with Crippen LogP contribution in [-0.4, -0.2) is 22.4 Å². The second kappa shape index (κ2) is 8.53. The first-order valence-electron chi connectivity index (χ1n) is 9.09. The van der Waals surface area contributed by atoms with Crippen LogP contribution in [0.1, 0.15) is 86.0 Å². The Balaban J connectivity index is 2.41. The highest BCUT2D eigenvalue weighted by Crippen LogP contribution is 2.39. The Labute approximate surface area is 132 Å². The minimum atomic E-state index is -0.612. The van der Waals surface area contributed by atoms with Gasteiger partial charge in [-0.15, -0.1) is 0 Å². The highest BCUT2D eigenvalue weighted by Gasteiger charge is 2.29. The van der Waals surface area contributed by atoms with Crippen LogP contribution >= 0.6 is 0 Å². The second-order valence-corrected chi connectivity index (χ2v) is 8.45. The van der Waals surface area contributed by atoms with Crippen molar-refractivity contribution in [2.75, 3.05) is 0 Å². The van der Waals surface area contributed by atoms with E-state index in [1.807, 2.05) is 0 Å². The van der Waals surface area contributed by atoms with Gasteiger partial charge in [-0.05, 0) is 49.4 Å². The largest absolute Gasteiger partial charge is 0.391 e. The van der Waals surface area contributed by atoms with Crippen molar-refractivity contribution in [3.63, 3.8) is 0 Å². The molecule has 0 saturated heterocycles. The molecule has 2 N–H and O–H groups in total. The molecule has 0 radical (unpaired) electrons. The van der Waals surface area contributed by atoms with Gasteiger partial charge in [-0.25, -0.2) is 0 Å². The fourth-order valence-corrected chi connectivity index (χ4v) is 4.06. The summed E-state index contributed by atoms with van der Waals surface area (Å²) in [6.45, 7) is 11.1. The van der Waals surface area contributed by atoms with Crippen LogP contribution in [0.3, 0.4) is 0 Å². The first-order chi connectivity index (χ1) is 9.73. The Hall–Kier alpha value is -0.0800. The third-order valence-electron chi connectivity index (χ3n) is 5.84. The van der Waals surface area contributed by atoms with Gasteiger partial charge < -0.3 is 10.2 Å². The zero-order valence-electron chi connectivity index (χ0n) is 14.9. The monoisotopic (exact) mass is 298 g/mol. The molecule has 0 bridgehead atoms. The fraction of sp³-hybridized carbons (Fsp3) is 1.00. The Kier molecular flexibility index (Phi) is 7.70. The van der Waals surface area contributed by atoms with E-state index < -0.39 is 12.2 Å². The van der Waals surface area contributed by atoms with Crippen molar-refractivity contribution in [1.29, 1.82) is 0 Å². The predicted molar refractivity (Wildman–Crippen MR) is 90.2 cm³/mol. The first kappa shape index (κ1) is 19.0. The molecule has 1 fully saturated rings. The summed E-state index contributed by atoms with van der Waals surface area (Å²) in [6, 6.07) is 0. The summed E-state index contributed by atoms with van der Waals surface area (Å²) in [5.74, 6) is 2.48. The average molecular weight is 299 g/mol. The van der Waals surface area contributed by atoms with Crippen molar-refractivity contribution in [3.8, 4) is 0 Å². The summed E-state index contributed by atoms with van der Waals surface area (Å²) in [6.07, 6.45) is 8.85. The maximum absolute atomic E-state index is 9.79. The van der Waals surface area contributed by atoms with E-state index in [4.69, 9.17) is 0 Å². The van der Waals surface area contributed by atoms with Crippen LogP contribution in [-0.2, 0) is 0 Å². The minimum absolute atomic E-state index is 0.248. The van der Waals surface area contributed by atoms with Crippen LogP contribution in [0.5, 0.6) is 0 Å². The molecular weight excluding hydrogens is 260 g/mol. The third-order valence-corrected chi connectivity index (χ3v) is 5.84. The fourth-order valence-electron chi connectivity index (χ4n) is 4.06. The van der Waals surface area contributed by atoms with Crippen molar-refractivity contribution >= 4 is 0 Å². The molecule has 0 aromatic heterocycles. The molecule has 1 aliphatic rings. The Morgan fingerprint density at radius 1 is 1.00 bits per heavy atom. The zero-order valence-corrected chi connectivity index (χ0v) is 14.9. The minimum Gasteiger partial charge on any atom is -0.391 e. The number of aliphatic hydroxyl groups is 2. The normalized spacial score (nSPS) is 23.6. The van der Waals surface area contributed by atoms with Crippen molar-refractivity contribution in [1.82, 2.24) is 0 Å². The molecule has 2 heteroatoms. The quantitative estimate of drug-likeness (QED) is 0.677. The second-order valence-electron chi connectivity index (χ2n) is 8.45. The van der Waals surface area contributed by atoms with E-state index in [-0.39, 0.29) is 5.41 Å². The van der Waals surface area contributed by atoms with Crippen molar-refractivity contribution in [2.24, 2.45) is 23.2 Å². The number of rotatable bonds is 8. The molecule has 0 heterocycles. The van der Waals surface area contributed by atoms with Crippen LogP contribution in [0.4, 0.5) is 0 Å². The molecule has 3 unspecified atom stereocenters. The zero-order chi connectivity index (χ0) is 16.0. The first-order valence-corrected chi connectivity index (χ1v) is 9.09. The highest BCUT2D eigenvalue weighted by molar-refractivity contribution is 4.80. The van der Waals surface area contributed by atoms with Crippen LogP contribution in [0.25, 0.3) is 0 Å². The van der Waals surface area contributed by atoms with Crippen molar-refractivity contribution < 1.29 is 10.2 Å². The molecule has 4 atom stereocenters. The van der Waals surface area contributed by atoms with Crippen molar-refractivity contribution in [3.05, 3.63) is 0 Å². The van der Waals surface area contributed by atoms with Gasteiger partial charge in [0.05, 0.1) is 12.2 Å². The predicted octanol–water partition coefficient (Wildman–Crippen LogP) is 4.78. The van der Waals surface area contributed by atoms with Gasteiger partial charge in [0.2, 0.25) is 0 Å². The van der Waals surface area contributed by atoms with Gasteiger partial charge in [-0.1, -0.05) is 59.8 Å². The van der Waals surface area contributed by atoms with Gasteiger partial charge >= 0.3 is 0 Å². The van der Waals surface area contributed by atoms with Crippen LogP contribution in [0.2, 0.25) is 0 Å². The van der Waals surface area contributed by atoms with Gasteiger partial charge in [0, 0.05) is 0 Å². The van der Waals surface area contributed by atoms with E-state index in [0.717, 1.165) is 24.2 Å². The lowest BCUT2D eigenvalue weighted by Gasteiger charge is -2.36. The van der Waals surface area contributed by atoms with E-state index in [2.05, 4.69) is 27.7 Å². The Morgan fingerprint density at radius 2 is 1.57 bits per heavy atom. The average Bonchev–Trinajstić information content (AvgIpc) is 2.44. The van der Waals surface area contributed by atoms with Crippen LogP contribution in [0, 0.1) is 23.2 Å². The lowest BCUT2D eigenvalue weighted by Crippen LogP contribution is -2.28. The van der Waals surface area contributed by atoms with E-state index in [0.29, 0.717) is 6.42 Å². The molecule has 0 aromatic rings. The topological polar surface area (TPSA) is 40.5 Å². The SMILES string of the molecule is CC(CC(C)(C)CC[C@@H](O)C(C)O)C(C)C1CCCCC1. The lowest BCUT2D eigenvalue weighted by atomic mass is 9.70. The van der Waals surface area contributed by atoms with E-state index >= 15 is 0 Å². The molecule has 0 aliphatic heterocycles. The molecule has 1 rings (SSSR count). The number of hydrogen-bond acceptors (Lipinski definition) is 2. The Morgan fingerprint density at radius 3 is 2.10 bits per heavy atom. The van der Waals surface area contributed by atoms with Crippen LogP contribution in [0.15, 0.2) is 0 Å². The maximum Gasteiger partial charge on any atom is 0.0796 e. The molecule has 21 heavy (non-hydrogen) atoms. The van der Waals surface area contributed by atoms with E-state index in [1.54, 1.807) is 6.92 Å². The van der Waals surface area contributed by atoms with E-state index in [9.17, 15) is 10.2 Å². The maximum atomic E-state index is 9.79. The summed E-state index contributed by atoms with van der Waals surface area (Å²) in [5.41, 5.74) is 0.248. The summed E-state index contributed by atoms with van der Waals surface area (Å²) >= 11 is 0. The molecule has 0 amide bonds. The standard InChI is InChI=1S/C19H38O2/c1-14(15(2)17-9-7-6-8-10-17)13-19(4,5)12-11-18(21)16(3)20/h14-18,20-21H,6-13H2,1-5H3/t14?,15?,16?,18-/m1/s1. The molecule has 1 aliphatic carbocycles. The molecule has 1 saturated carbocycles. The molecule has 0 spiro atoms. The third kappa shape index (κ3) is 6.69. The van der Waals surface area contributed by atoms with Crippen LogP contribution < -0.4 is 0 Å². The number of hydrogen-bond donors (Lipinski definition) is 2. The smallest absolute Gasteiger partial charge is 0.0796 e.